The van der Waals surface area contributed by atoms with E-state index in [-0.39, 0.29) is 12.0 Å². The lowest BCUT2D eigenvalue weighted by Gasteiger charge is -2.23. The fraction of sp³-hybridized carbons (Fsp3) is 0.538. The zero-order valence-corrected chi connectivity index (χ0v) is 10.9. The molecule has 1 aliphatic rings. The second kappa shape index (κ2) is 5.05. The summed E-state index contributed by atoms with van der Waals surface area (Å²) in [6, 6.07) is 0.240. The Morgan fingerprint density at radius 1 is 1.21 bits per heavy atom. The van der Waals surface area contributed by atoms with Crippen molar-refractivity contribution in [2.45, 2.75) is 44.6 Å². The van der Waals surface area contributed by atoms with Gasteiger partial charge in [-0.3, -0.25) is 0 Å². The Labute approximate surface area is 111 Å². The maximum Gasteiger partial charge on any atom is 0.240 e. The Bertz CT molecular complexity index is 550. The molecule has 0 bridgehead atoms. The standard InChI is InChI=1S/C13H17N5O/c1-8-6-15-11(16-7-8)12-17-13(19-18-12)9-3-2-4-10(14)5-9/h6-7,9-10H,2-5,14H2,1H3. The van der Waals surface area contributed by atoms with Crippen LogP contribution in [-0.2, 0) is 0 Å². The summed E-state index contributed by atoms with van der Waals surface area (Å²) in [6.07, 6.45) is 7.66. The van der Waals surface area contributed by atoms with Gasteiger partial charge in [-0.05, 0) is 31.7 Å². The van der Waals surface area contributed by atoms with E-state index in [1.807, 2.05) is 6.92 Å². The molecule has 1 saturated carbocycles. The van der Waals surface area contributed by atoms with Crippen LogP contribution >= 0.6 is 0 Å². The van der Waals surface area contributed by atoms with Crippen molar-refractivity contribution in [3.05, 3.63) is 23.8 Å². The molecule has 0 saturated heterocycles. The van der Waals surface area contributed by atoms with Crippen LogP contribution in [0.15, 0.2) is 16.9 Å². The minimum atomic E-state index is 0.240. The summed E-state index contributed by atoms with van der Waals surface area (Å²) in [5.74, 6) is 1.89. The highest BCUT2D eigenvalue weighted by Gasteiger charge is 2.26. The van der Waals surface area contributed by atoms with E-state index in [9.17, 15) is 0 Å². The van der Waals surface area contributed by atoms with Gasteiger partial charge in [-0.2, -0.15) is 4.98 Å². The fourth-order valence-corrected chi connectivity index (χ4v) is 2.45. The molecule has 2 unspecified atom stereocenters. The summed E-state index contributed by atoms with van der Waals surface area (Å²) in [4.78, 5) is 12.8. The molecule has 2 N–H and O–H groups in total. The second-order valence-corrected chi connectivity index (χ2v) is 5.16. The molecule has 1 aliphatic carbocycles. The van der Waals surface area contributed by atoms with Crippen LogP contribution in [0.2, 0.25) is 0 Å². The fourth-order valence-electron chi connectivity index (χ4n) is 2.45. The average Bonchev–Trinajstić information content (AvgIpc) is 2.89. The molecule has 2 atom stereocenters. The monoisotopic (exact) mass is 259 g/mol. The number of aromatic nitrogens is 4. The number of hydrogen-bond donors (Lipinski definition) is 1. The van der Waals surface area contributed by atoms with Crippen molar-refractivity contribution >= 4 is 0 Å². The molecule has 2 aromatic heterocycles. The topological polar surface area (TPSA) is 90.7 Å². The highest BCUT2D eigenvalue weighted by molar-refractivity contribution is 5.41. The van der Waals surface area contributed by atoms with Gasteiger partial charge < -0.3 is 10.3 Å². The summed E-state index contributed by atoms with van der Waals surface area (Å²) in [7, 11) is 0. The Morgan fingerprint density at radius 3 is 2.74 bits per heavy atom. The van der Waals surface area contributed by atoms with E-state index < -0.39 is 0 Å². The quantitative estimate of drug-likeness (QED) is 0.884. The summed E-state index contributed by atoms with van der Waals surface area (Å²) in [5, 5.41) is 3.96. The summed E-state index contributed by atoms with van der Waals surface area (Å²) >= 11 is 0. The van der Waals surface area contributed by atoms with Gasteiger partial charge in [-0.15, -0.1) is 0 Å². The molecule has 0 aliphatic heterocycles. The van der Waals surface area contributed by atoms with Gasteiger partial charge in [-0.1, -0.05) is 11.6 Å². The van der Waals surface area contributed by atoms with Gasteiger partial charge in [0.1, 0.15) is 0 Å². The molecule has 19 heavy (non-hydrogen) atoms. The van der Waals surface area contributed by atoms with Gasteiger partial charge in [0.15, 0.2) is 0 Å². The molecule has 0 aromatic carbocycles. The van der Waals surface area contributed by atoms with Crippen LogP contribution in [0.3, 0.4) is 0 Å². The first-order valence-electron chi connectivity index (χ1n) is 6.60. The van der Waals surface area contributed by atoms with Crippen molar-refractivity contribution in [1.29, 1.82) is 0 Å². The summed E-state index contributed by atoms with van der Waals surface area (Å²) < 4.78 is 5.34. The largest absolute Gasteiger partial charge is 0.339 e. The summed E-state index contributed by atoms with van der Waals surface area (Å²) in [5.41, 5.74) is 6.99. The van der Waals surface area contributed by atoms with Gasteiger partial charge in [0.2, 0.25) is 17.5 Å². The zero-order valence-electron chi connectivity index (χ0n) is 10.9. The Kier molecular flexibility index (Phi) is 3.25. The van der Waals surface area contributed by atoms with Crippen molar-refractivity contribution in [1.82, 2.24) is 20.1 Å². The number of hydrogen-bond acceptors (Lipinski definition) is 6. The minimum absolute atomic E-state index is 0.240. The van der Waals surface area contributed by atoms with E-state index in [0.717, 1.165) is 31.2 Å². The van der Waals surface area contributed by atoms with E-state index >= 15 is 0 Å². The molecule has 2 aromatic rings. The van der Waals surface area contributed by atoms with E-state index in [0.29, 0.717) is 17.5 Å². The highest BCUT2D eigenvalue weighted by Crippen LogP contribution is 2.31. The van der Waals surface area contributed by atoms with E-state index in [1.54, 1.807) is 12.4 Å². The molecule has 6 heteroatoms. The first kappa shape index (κ1) is 12.2. The predicted octanol–water partition coefficient (Wildman–Crippen LogP) is 1.82. The van der Waals surface area contributed by atoms with Crippen molar-refractivity contribution in [3.63, 3.8) is 0 Å². The molecule has 0 spiro atoms. The van der Waals surface area contributed by atoms with Crippen LogP contribution in [0.4, 0.5) is 0 Å². The Morgan fingerprint density at radius 2 is 2.00 bits per heavy atom. The lowest BCUT2D eigenvalue weighted by Crippen LogP contribution is -2.26. The molecule has 2 heterocycles. The highest BCUT2D eigenvalue weighted by atomic mass is 16.5. The zero-order chi connectivity index (χ0) is 13.2. The molecular weight excluding hydrogens is 242 g/mol. The van der Waals surface area contributed by atoms with E-state index in [4.69, 9.17) is 10.3 Å². The van der Waals surface area contributed by atoms with Crippen molar-refractivity contribution in [3.8, 4) is 11.6 Å². The third-order valence-electron chi connectivity index (χ3n) is 3.49. The van der Waals surface area contributed by atoms with Gasteiger partial charge in [0.05, 0.1) is 0 Å². The molecule has 3 rings (SSSR count). The molecular formula is C13H17N5O. The molecule has 1 fully saturated rings. The Balaban J connectivity index is 1.81. The number of nitrogens with zero attached hydrogens (tertiary/aromatic N) is 4. The molecule has 0 radical (unpaired) electrons. The maximum absolute atomic E-state index is 5.98. The normalized spacial score (nSPS) is 23.5. The molecule has 100 valence electrons. The lowest BCUT2D eigenvalue weighted by atomic mass is 9.86. The number of rotatable bonds is 2. The third kappa shape index (κ3) is 2.63. The van der Waals surface area contributed by atoms with Crippen molar-refractivity contribution in [2.24, 2.45) is 5.73 Å². The van der Waals surface area contributed by atoms with Gasteiger partial charge in [0.25, 0.3) is 0 Å². The minimum Gasteiger partial charge on any atom is -0.339 e. The van der Waals surface area contributed by atoms with Crippen molar-refractivity contribution < 1.29 is 4.52 Å². The van der Waals surface area contributed by atoms with E-state index in [2.05, 4.69) is 20.1 Å². The molecule has 0 amide bonds. The van der Waals surface area contributed by atoms with E-state index in [1.165, 1.54) is 0 Å². The first-order valence-corrected chi connectivity index (χ1v) is 6.60. The van der Waals surface area contributed by atoms with Crippen LogP contribution in [0.1, 0.15) is 43.1 Å². The van der Waals surface area contributed by atoms with Gasteiger partial charge >= 0.3 is 0 Å². The predicted molar refractivity (Wildman–Crippen MR) is 69.2 cm³/mol. The maximum atomic E-state index is 5.98. The average molecular weight is 259 g/mol. The number of nitrogens with two attached hydrogens (primary N) is 1. The first-order chi connectivity index (χ1) is 9.22. The Hall–Kier alpha value is -1.82. The van der Waals surface area contributed by atoms with Crippen LogP contribution in [0, 0.1) is 6.92 Å². The SMILES string of the molecule is Cc1cnc(-c2noc(C3CCCC(N)C3)n2)nc1. The van der Waals surface area contributed by atoms with Gasteiger partial charge in [0, 0.05) is 24.4 Å². The third-order valence-corrected chi connectivity index (χ3v) is 3.49. The number of aryl methyl sites for hydroxylation is 1. The summed E-state index contributed by atoms with van der Waals surface area (Å²) in [6.45, 7) is 1.94. The molecule has 6 nitrogen and oxygen atoms in total. The smallest absolute Gasteiger partial charge is 0.240 e. The second-order valence-electron chi connectivity index (χ2n) is 5.16. The van der Waals surface area contributed by atoms with Crippen LogP contribution in [0.5, 0.6) is 0 Å². The van der Waals surface area contributed by atoms with Crippen LogP contribution < -0.4 is 5.73 Å². The van der Waals surface area contributed by atoms with Crippen LogP contribution in [0.25, 0.3) is 11.6 Å². The van der Waals surface area contributed by atoms with Crippen LogP contribution in [-0.4, -0.2) is 26.2 Å². The lowest BCUT2D eigenvalue weighted by molar-refractivity contribution is 0.299. The van der Waals surface area contributed by atoms with Gasteiger partial charge in [-0.25, -0.2) is 9.97 Å². The van der Waals surface area contributed by atoms with Crippen molar-refractivity contribution in [2.75, 3.05) is 0 Å².